The van der Waals surface area contributed by atoms with Crippen LogP contribution in [0.5, 0.6) is 0 Å². The zero-order valence-corrected chi connectivity index (χ0v) is 16.0. The van der Waals surface area contributed by atoms with Crippen molar-refractivity contribution in [3.63, 3.8) is 0 Å². The normalized spacial score (nSPS) is 14.2. The molecule has 0 aromatic carbocycles. The molecule has 0 amide bonds. The van der Waals surface area contributed by atoms with Gasteiger partial charge in [-0.15, -0.1) is 5.10 Å². The highest BCUT2D eigenvalue weighted by Crippen LogP contribution is 2.12. The molecule has 1 N–H and O–H groups in total. The highest BCUT2D eigenvalue weighted by atomic mass is 16.3. The Morgan fingerprint density at radius 1 is 0.913 bits per heavy atom. The van der Waals surface area contributed by atoms with Crippen molar-refractivity contribution in [3.05, 3.63) is 0 Å². The van der Waals surface area contributed by atoms with Crippen LogP contribution in [0.3, 0.4) is 0 Å². The van der Waals surface area contributed by atoms with Crippen LogP contribution in [-0.4, -0.2) is 42.3 Å². The molecule has 0 aliphatic carbocycles. The van der Waals surface area contributed by atoms with E-state index < -0.39 is 6.10 Å². The number of aliphatic hydroxyl groups excluding tert-OH is 1. The molecule has 23 heavy (non-hydrogen) atoms. The zero-order chi connectivity index (χ0) is 17.6. The van der Waals surface area contributed by atoms with Gasteiger partial charge >= 0.3 is 0 Å². The molecule has 0 bridgehead atoms. The third-order valence-corrected chi connectivity index (χ3v) is 4.09. The number of aliphatic hydroxyl groups is 1. The molecule has 1 unspecified atom stereocenters. The van der Waals surface area contributed by atoms with E-state index in [2.05, 4.69) is 12.0 Å². The van der Waals surface area contributed by atoms with Crippen LogP contribution < -0.4 is 5.11 Å². The summed E-state index contributed by atoms with van der Waals surface area (Å²) in [5.74, 6) is -0.0356. The summed E-state index contributed by atoms with van der Waals surface area (Å²) >= 11 is 0. The van der Waals surface area contributed by atoms with Gasteiger partial charge < -0.3 is 10.2 Å². The van der Waals surface area contributed by atoms with Crippen molar-refractivity contribution in [1.82, 2.24) is 0 Å². The SMILES string of the molecule is CCCCCCCCCCCCC/C([O-])=N/[N+](C)(C)CC(C)O. The Hall–Kier alpha value is -0.610. The maximum absolute atomic E-state index is 11.8. The van der Waals surface area contributed by atoms with Crippen LogP contribution >= 0.6 is 0 Å². The second-order valence-corrected chi connectivity index (χ2v) is 7.43. The predicted octanol–water partition coefficient (Wildman–Crippen LogP) is 3.82. The number of hydrogen-bond donors (Lipinski definition) is 1. The summed E-state index contributed by atoms with van der Waals surface area (Å²) in [7, 11) is 3.70. The maximum Gasteiger partial charge on any atom is 0.128 e. The van der Waals surface area contributed by atoms with Gasteiger partial charge in [-0.3, -0.25) is 0 Å². The molecule has 0 saturated carbocycles. The van der Waals surface area contributed by atoms with Crippen molar-refractivity contribution in [2.75, 3.05) is 20.6 Å². The Kier molecular flexibility index (Phi) is 13.4. The van der Waals surface area contributed by atoms with Gasteiger partial charge in [0.2, 0.25) is 0 Å². The monoisotopic (exact) mass is 328 g/mol. The minimum atomic E-state index is -0.441. The lowest BCUT2D eigenvalue weighted by molar-refractivity contribution is -0.901. The van der Waals surface area contributed by atoms with Gasteiger partial charge in [-0.25, -0.2) is 4.59 Å². The number of unbranched alkanes of at least 4 members (excludes halogenated alkanes) is 10. The van der Waals surface area contributed by atoms with Gasteiger partial charge in [-0.05, 0) is 19.8 Å². The minimum absolute atomic E-state index is 0.0356. The van der Waals surface area contributed by atoms with Crippen LogP contribution in [0.2, 0.25) is 0 Å². The number of likely N-dealkylation sites (N-methyl/N-ethyl adjacent to an activating group) is 1. The predicted molar refractivity (Wildman–Crippen MR) is 97.2 cm³/mol. The fourth-order valence-electron chi connectivity index (χ4n) is 2.98. The van der Waals surface area contributed by atoms with Crippen LogP contribution in [-0.2, 0) is 0 Å². The zero-order valence-electron chi connectivity index (χ0n) is 16.0. The number of hydrogen-bond acceptors (Lipinski definition) is 3. The van der Waals surface area contributed by atoms with Crippen LogP contribution in [0.25, 0.3) is 0 Å². The van der Waals surface area contributed by atoms with E-state index in [0.29, 0.717) is 13.0 Å². The van der Waals surface area contributed by atoms with Crippen molar-refractivity contribution in [3.8, 4) is 0 Å². The lowest BCUT2D eigenvalue weighted by atomic mass is 10.1. The third-order valence-electron chi connectivity index (χ3n) is 4.09. The largest absolute Gasteiger partial charge is 0.858 e. The molecule has 0 aromatic heterocycles. The summed E-state index contributed by atoms with van der Waals surface area (Å²) in [6.45, 7) is 4.46. The first-order chi connectivity index (χ1) is 10.9. The Balaban J connectivity index is 3.53. The van der Waals surface area contributed by atoms with Gasteiger partial charge in [-0.2, -0.15) is 0 Å². The average Bonchev–Trinajstić information content (AvgIpc) is 2.42. The summed E-state index contributed by atoms with van der Waals surface area (Å²) in [4.78, 5) is 0. The summed E-state index contributed by atoms with van der Waals surface area (Å²) in [6, 6.07) is 0. The van der Waals surface area contributed by atoms with E-state index in [4.69, 9.17) is 0 Å². The van der Waals surface area contributed by atoms with E-state index in [9.17, 15) is 10.2 Å². The number of rotatable bonds is 15. The van der Waals surface area contributed by atoms with Gasteiger partial charge in [0.15, 0.2) is 0 Å². The van der Waals surface area contributed by atoms with Crippen LogP contribution in [0.4, 0.5) is 0 Å². The van der Waals surface area contributed by atoms with Crippen LogP contribution in [0.1, 0.15) is 90.9 Å². The topological polar surface area (TPSA) is 55.7 Å². The third kappa shape index (κ3) is 16.0. The first-order valence-electron chi connectivity index (χ1n) is 9.64. The van der Waals surface area contributed by atoms with Gasteiger partial charge in [0.05, 0.1) is 14.1 Å². The van der Waals surface area contributed by atoms with Gasteiger partial charge in [-0.1, -0.05) is 71.1 Å². The molecule has 0 aliphatic rings. The summed E-state index contributed by atoms with van der Waals surface area (Å²) in [5.41, 5.74) is 0. The number of nitrogens with zero attached hydrogens (tertiary/aromatic N) is 2. The smallest absolute Gasteiger partial charge is 0.128 e. The fourth-order valence-corrected chi connectivity index (χ4v) is 2.98. The van der Waals surface area contributed by atoms with Crippen molar-refractivity contribution in [2.45, 2.75) is 97.0 Å². The van der Waals surface area contributed by atoms with Crippen molar-refractivity contribution in [1.29, 1.82) is 0 Å². The van der Waals surface area contributed by atoms with Crippen LogP contribution in [0, 0.1) is 0 Å². The standard InChI is InChI=1S/C19H40N2O2/c1-5-6-7-8-9-10-11-12-13-14-15-16-19(23)20-21(3,4)17-18(2)22/h18,22H,5-17H2,1-4H3. The molecule has 4 nitrogen and oxygen atoms in total. The molecule has 0 heterocycles. The maximum atomic E-state index is 11.8. The Morgan fingerprint density at radius 2 is 1.35 bits per heavy atom. The van der Waals surface area contributed by atoms with Crippen molar-refractivity contribution >= 4 is 5.90 Å². The highest BCUT2D eigenvalue weighted by Gasteiger charge is 2.16. The fraction of sp³-hybridized carbons (Fsp3) is 0.947. The lowest BCUT2D eigenvalue weighted by Crippen LogP contribution is -2.42. The van der Waals surface area contributed by atoms with E-state index in [1.165, 1.54) is 57.8 Å². The average molecular weight is 329 g/mol. The second kappa shape index (κ2) is 13.8. The Labute approximate surface area is 144 Å². The molecule has 4 heteroatoms. The quantitative estimate of drug-likeness (QED) is 0.163. The summed E-state index contributed by atoms with van der Waals surface area (Å²) in [6.07, 6.45) is 14.3. The Bertz CT molecular complexity index is 302. The van der Waals surface area contributed by atoms with Gasteiger partial charge in [0.25, 0.3) is 0 Å². The van der Waals surface area contributed by atoms with Crippen molar-refractivity contribution in [2.24, 2.45) is 5.10 Å². The molecule has 0 rings (SSSR count). The molecule has 0 aliphatic heterocycles. The second-order valence-electron chi connectivity index (χ2n) is 7.43. The lowest BCUT2D eigenvalue weighted by Gasteiger charge is -2.26. The number of quaternary nitrogens is 1. The molecule has 0 spiro atoms. The summed E-state index contributed by atoms with van der Waals surface area (Å²) < 4.78 is 0.217. The summed E-state index contributed by atoms with van der Waals surface area (Å²) in [5, 5.41) is 25.4. The molecule has 0 radical (unpaired) electrons. The van der Waals surface area contributed by atoms with E-state index in [0.717, 1.165) is 12.8 Å². The van der Waals surface area contributed by atoms with Crippen molar-refractivity contribution < 1.29 is 14.8 Å². The molecule has 0 aromatic rings. The molecule has 0 fully saturated rings. The Morgan fingerprint density at radius 3 is 1.78 bits per heavy atom. The minimum Gasteiger partial charge on any atom is -0.858 e. The molecule has 1 atom stereocenters. The van der Waals surface area contributed by atoms with Gasteiger partial charge in [0, 0.05) is 5.90 Å². The van der Waals surface area contributed by atoms with Crippen LogP contribution in [0.15, 0.2) is 5.10 Å². The van der Waals surface area contributed by atoms with E-state index in [1.807, 2.05) is 14.1 Å². The van der Waals surface area contributed by atoms with E-state index in [1.54, 1.807) is 6.92 Å². The molecule has 0 saturated heterocycles. The van der Waals surface area contributed by atoms with E-state index in [-0.39, 0.29) is 10.5 Å². The highest BCUT2D eigenvalue weighted by molar-refractivity contribution is 5.70. The molecule has 138 valence electrons. The first-order valence-corrected chi connectivity index (χ1v) is 9.64. The first kappa shape index (κ1) is 22.4. The molecular weight excluding hydrogens is 288 g/mol. The van der Waals surface area contributed by atoms with Gasteiger partial charge in [0.1, 0.15) is 12.6 Å². The van der Waals surface area contributed by atoms with E-state index >= 15 is 0 Å². The molecular formula is C19H40N2O2.